The Labute approximate surface area is 129 Å². The molecule has 1 atom stereocenters. The summed E-state index contributed by atoms with van der Waals surface area (Å²) < 4.78 is 1.86. The molecule has 1 aliphatic rings. The second-order valence-corrected chi connectivity index (χ2v) is 5.52. The number of likely N-dealkylation sites (tertiary alicyclic amines) is 1. The molecule has 3 heterocycles. The van der Waals surface area contributed by atoms with Crippen molar-refractivity contribution in [3.05, 3.63) is 47.5 Å². The normalized spacial score (nSPS) is 17.5. The zero-order valence-corrected chi connectivity index (χ0v) is 12.4. The number of aryl methyl sites for hydroxylation is 1. The van der Waals surface area contributed by atoms with Crippen molar-refractivity contribution in [3.63, 3.8) is 0 Å². The molecule has 112 valence electrons. The Morgan fingerprint density at radius 1 is 1.55 bits per heavy atom. The van der Waals surface area contributed by atoms with Crippen LogP contribution in [0.1, 0.15) is 34.5 Å². The Morgan fingerprint density at radius 3 is 3.09 bits per heavy atom. The topological polar surface area (TPSA) is 74.8 Å². The third-order valence-corrected chi connectivity index (χ3v) is 4.00. The SMILES string of the molecule is Cc1cc(C#N)cnc1C(=O)N1CCCC1Cn1cccn1. The van der Waals surface area contributed by atoms with Gasteiger partial charge < -0.3 is 4.90 Å². The van der Waals surface area contributed by atoms with Gasteiger partial charge in [0.1, 0.15) is 11.8 Å². The molecule has 1 aliphatic heterocycles. The van der Waals surface area contributed by atoms with E-state index in [4.69, 9.17) is 5.26 Å². The standard InChI is InChI=1S/C16H17N5O/c1-12-8-13(9-17)10-18-15(12)16(22)21-7-2-4-14(21)11-20-6-3-5-19-20/h3,5-6,8,10,14H,2,4,7,11H2,1H3. The molecule has 0 aliphatic carbocycles. The third kappa shape index (κ3) is 2.70. The molecule has 0 spiro atoms. The number of hydrogen-bond donors (Lipinski definition) is 0. The van der Waals surface area contributed by atoms with Crippen molar-refractivity contribution in [3.8, 4) is 6.07 Å². The Morgan fingerprint density at radius 2 is 2.41 bits per heavy atom. The summed E-state index contributed by atoms with van der Waals surface area (Å²) in [6.45, 7) is 3.26. The summed E-state index contributed by atoms with van der Waals surface area (Å²) in [4.78, 5) is 18.8. The molecule has 0 aromatic carbocycles. The maximum atomic E-state index is 12.8. The van der Waals surface area contributed by atoms with E-state index >= 15 is 0 Å². The van der Waals surface area contributed by atoms with Gasteiger partial charge in [-0.3, -0.25) is 9.48 Å². The largest absolute Gasteiger partial charge is 0.332 e. The van der Waals surface area contributed by atoms with Gasteiger partial charge >= 0.3 is 0 Å². The van der Waals surface area contributed by atoms with Crippen LogP contribution in [0.25, 0.3) is 0 Å². The fourth-order valence-electron chi connectivity index (χ4n) is 2.91. The van der Waals surface area contributed by atoms with Crippen LogP contribution in [-0.4, -0.2) is 38.2 Å². The van der Waals surface area contributed by atoms with E-state index < -0.39 is 0 Å². The Kier molecular flexibility index (Phi) is 3.88. The molecule has 22 heavy (non-hydrogen) atoms. The number of aromatic nitrogens is 3. The van der Waals surface area contributed by atoms with Crippen molar-refractivity contribution in [2.24, 2.45) is 0 Å². The van der Waals surface area contributed by atoms with Crippen molar-refractivity contribution in [2.75, 3.05) is 6.54 Å². The van der Waals surface area contributed by atoms with Crippen LogP contribution in [0, 0.1) is 18.3 Å². The van der Waals surface area contributed by atoms with Crippen LogP contribution in [0.5, 0.6) is 0 Å². The van der Waals surface area contributed by atoms with Crippen LogP contribution in [0.3, 0.4) is 0 Å². The van der Waals surface area contributed by atoms with Crippen LogP contribution in [0.4, 0.5) is 0 Å². The van der Waals surface area contributed by atoms with Gasteiger partial charge in [0, 0.05) is 25.1 Å². The first-order valence-corrected chi connectivity index (χ1v) is 7.34. The predicted octanol–water partition coefficient (Wildman–Crippen LogP) is 1.76. The van der Waals surface area contributed by atoms with E-state index in [1.54, 1.807) is 12.3 Å². The lowest BCUT2D eigenvalue weighted by Crippen LogP contribution is -2.39. The maximum absolute atomic E-state index is 12.8. The molecule has 1 fully saturated rings. The monoisotopic (exact) mass is 295 g/mol. The molecule has 1 amide bonds. The van der Waals surface area contributed by atoms with E-state index in [-0.39, 0.29) is 11.9 Å². The highest BCUT2D eigenvalue weighted by molar-refractivity contribution is 5.94. The highest BCUT2D eigenvalue weighted by Crippen LogP contribution is 2.22. The minimum Gasteiger partial charge on any atom is -0.332 e. The molecule has 1 unspecified atom stereocenters. The highest BCUT2D eigenvalue weighted by atomic mass is 16.2. The van der Waals surface area contributed by atoms with Crippen LogP contribution in [0.15, 0.2) is 30.7 Å². The number of pyridine rings is 1. The fourth-order valence-corrected chi connectivity index (χ4v) is 2.91. The van der Waals surface area contributed by atoms with E-state index in [1.807, 2.05) is 34.8 Å². The molecular formula is C16H17N5O. The lowest BCUT2D eigenvalue weighted by Gasteiger charge is -2.25. The molecule has 2 aromatic rings. The van der Waals surface area contributed by atoms with Gasteiger partial charge in [-0.05, 0) is 37.5 Å². The molecule has 0 bridgehead atoms. The summed E-state index contributed by atoms with van der Waals surface area (Å²) in [6, 6.07) is 5.78. The molecule has 1 saturated heterocycles. The molecule has 0 saturated carbocycles. The number of hydrogen-bond acceptors (Lipinski definition) is 4. The summed E-state index contributed by atoms with van der Waals surface area (Å²) in [5, 5.41) is 13.1. The predicted molar refractivity (Wildman–Crippen MR) is 80.0 cm³/mol. The number of nitrogens with zero attached hydrogens (tertiary/aromatic N) is 5. The average molecular weight is 295 g/mol. The summed E-state index contributed by atoms with van der Waals surface area (Å²) in [6.07, 6.45) is 7.08. The minimum atomic E-state index is -0.0587. The van der Waals surface area contributed by atoms with Gasteiger partial charge in [-0.1, -0.05) is 0 Å². The third-order valence-electron chi connectivity index (χ3n) is 4.00. The van der Waals surface area contributed by atoms with E-state index in [9.17, 15) is 4.79 Å². The molecular weight excluding hydrogens is 278 g/mol. The van der Waals surface area contributed by atoms with E-state index in [2.05, 4.69) is 10.1 Å². The minimum absolute atomic E-state index is 0.0587. The summed E-state index contributed by atoms with van der Waals surface area (Å²) in [7, 11) is 0. The van der Waals surface area contributed by atoms with Crippen LogP contribution < -0.4 is 0 Å². The van der Waals surface area contributed by atoms with Crippen LogP contribution in [0.2, 0.25) is 0 Å². The first-order valence-electron chi connectivity index (χ1n) is 7.34. The van der Waals surface area contributed by atoms with E-state index in [1.165, 1.54) is 6.20 Å². The molecule has 2 aromatic heterocycles. The number of carbonyl (C=O) groups is 1. The first kappa shape index (κ1) is 14.3. The lowest BCUT2D eigenvalue weighted by molar-refractivity contribution is 0.0715. The van der Waals surface area contributed by atoms with Crippen molar-refractivity contribution >= 4 is 5.91 Å². The van der Waals surface area contributed by atoms with E-state index in [0.717, 1.165) is 24.9 Å². The summed E-state index contributed by atoms with van der Waals surface area (Å²) in [5.41, 5.74) is 1.66. The number of carbonyl (C=O) groups excluding carboxylic acids is 1. The van der Waals surface area contributed by atoms with Gasteiger partial charge in [-0.2, -0.15) is 10.4 Å². The van der Waals surface area contributed by atoms with Gasteiger partial charge in [-0.15, -0.1) is 0 Å². The zero-order valence-electron chi connectivity index (χ0n) is 12.4. The highest BCUT2D eigenvalue weighted by Gasteiger charge is 2.31. The van der Waals surface area contributed by atoms with Crippen LogP contribution >= 0.6 is 0 Å². The average Bonchev–Trinajstić information content (AvgIpc) is 3.18. The summed E-state index contributed by atoms with van der Waals surface area (Å²) in [5.74, 6) is -0.0587. The van der Waals surface area contributed by atoms with E-state index in [0.29, 0.717) is 17.8 Å². The van der Waals surface area contributed by atoms with Crippen LogP contribution in [-0.2, 0) is 6.54 Å². The molecule has 6 heteroatoms. The Balaban J connectivity index is 1.80. The smallest absolute Gasteiger partial charge is 0.273 e. The van der Waals surface area contributed by atoms with Crippen molar-refractivity contribution in [1.29, 1.82) is 5.26 Å². The maximum Gasteiger partial charge on any atom is 0.273 e. The second kappa shape index (κ2) is 5.98. The quantitative estimate of drug-likeness (QED) is 0.864. The number of rotatable bonds is 3. The number of nitriles is 1. The summed E-state index contributed by atoms with van der Waals surface area (Å²) >= 11 is 0. The van der Waals surface area contributed by atoms with Gasteiger partial charge in [0.15, 0.2) is 0 Å². The second-order valence-electron chi connectivity index (χ2n) is 5.52. The molecule has 6 nitrogen and oxygen atoms in total. The zero-order chi connectivity index (χ0) is 15.5. The van der Waals surface area contributed by atoms with Gasteiger partial charge in [0.25, 0.3) is 5.91 Å². The molecule has 3 rings (SSSR count). The Hall–Kier alpha value is -2.68. The van der Waals surface area contributed by atoms with Crippen molar-refractivity contribution < 1.29 is 4.79 Å². The van der Waals surface area contributed by atoms with Crippen molar-refractivity contribution in [2.45, 2.75) is 32.4 Å². The molecule has 0 N–H and O–H groups in total. The van der Waals surface area contributed by atoms with Gasteiger partial charge in [0.05, 0.1) is 18.2 Å². The van der Waals surface area contributed by atoms with Crippen molar-refractivity contribution in [1.82, 2.24) is 19.7 Å². The lowest BCUT2D eigenvalue weighted by atomic mass is 10.1. The number of amides is 1. The first-order chi connectivity index (χ1) is 10.7. The van der Waals surface area contributed by atoms with Gasteiger partial charge in [-0.25, -0.2) is 4.98 Å². The van der Waals surface area contributed by atoms with Gasteiger partial charge in [0.2, 0.25) is 0 Å². The Bertz CT molecular complexity index is 717. The fraction of sp³-hybridized carbons (Fsp3) is 0.375. The molecule has 0 radical (unpaired) electrons.